The Hall–Kier alpha value is -1.85. The first-order valence-corrected chi connectivity index (χ1v) is 7.67. The van der Waals surface area contributed by atoms with E-state index in [9.17, 15) is 9.59 Å². The SMILES string of the molecule is CNC1CCCN(C(=O)c2cc(=O)n(C)c3ccccc23)C1.Cl. The Morgan fingerprint density at radius 3 is 2.78 bits per heavy atom. The molecule has 1 N–H and O–H groups in total. The molecule has 3 rings (SSSR count). The molecule has 1 atom stereocenters. The zero-order chi connectivity index (χ0) is 15.7. The number of aryl methyl sites for hydroxylation is 1. The third-order valence-electron chi connectivity index (χ3n) is 4.50. The van der Waals surface area contributed by atoms with Crippen LogP contribution in [0.2, 0.25) is 0 Å². The third-order valence-corrected chi connectivity index (χ3v) is 4.50. The Balaban J connectivity index is 0.00000192. The Morgan fingerprint density at radius 1 is 1.30 bits per heavy atom. The van der Waals surface area contributed by atoms with Crippen LogP contribution in [0.1, 0.15) is 23.2 Å². The predicted octanol–water partition coefficient (Wildman–Crippen LogP) is 1.78. The highest BCUT2D eigenvalue weighted by atomic mass is 35.5. The van der Waals surface area contributed by atoms with Gasteiger partial charge < -0.3 is 14.8 Å². The number of fused-ring (bicyclic) bond motifs is 1. The lowest BCUT2D eigenvalue weighted by atomic mass is 10.0. The number of nitrogens with zero attached hydrogens (tertiary/aromatic N) is 2. The highest BCUT2D eigenvalue weighted by molar-refractivity contribution is 6.06. The van der Waals surface area contributed by atoms with Crippen LogP contribution in [0.4, 0.5) is 0 Å². The summed E-state index contributed by atoms with van der Waals surface area (Å²) in [6.45, 7) is 1.44. The van der Waals surface area contributed by atoms with E-state index in [1.165, 1.54) is 6.07 Å². The number of rotatable bonds is 2. The number of para-hydroxylation sites is 1. The van der Waals surface area contributed by atoms with Crippen LogP contribution in [0, 0.1) is 0 Å². The summed E-state index contributed by atoms with van der Waals surface area (Å²) in [5.41, 5.74) is 1.15. The quantitative estimate of drug-likeness (QED) is 0.910. The smallest absolute Gasteiger partial charge is 0.254 e. The summed E-state index contributed by atoms with van der Waals surface area (Å²) in [7, 11) is 3.66. The van der Waals surface area contributed by atoms with Crippen LogP contribution in [-0.2, 0) is 7.05 Å². The second-order valence-corrected chi connectivity index (χ2v) is 5.85. The Kier molecular flexibility index (Phi) is 5.44. The van der Waals surface area contributed by atoms with Crippen molar-refractivity contribution < 1.29 is 4.79 Å². The second kappa shape index (κ2) is 7.15. The van der Waals surface area contributed by atoms with Crippen LogP contribution in [0.3, 0.4) is 0 Å². The zero-order valence-electron chi connectivity index (χ0n) is 13.4. The first kappa shape index (κ1) is 17.5. The van der Waals surface area contributed by atoms with Crippen molar-refractivity contribution in [1.29, 1.82) is 0 Å². The first-order valence-electron chi connectivity index (χ1n) is 7.67. The van der Waals surface area contributed by atoms with Gasteiger partial charge in [-0.1, -0.05) is 18.2 Å². The number of hydrogen-bond acceptors (Lipinski definition) is 3. The van der Waals surface area contributed by atoms with E-state index in [2.05, 4.69) is 5.32 Å². The molecule has 23 heavy (non-hydrogen) atoms. The van der Waals surface area contributed by atoms with Crippen molar-refractivity contribution in [2.24, 2.45) is 7.05 Å². The molecule has 0 bridgehead atoms. The number of piperidine rings is 1. The zero-order valence-corrected chi connectivity index (χ0v) is 14.2. The van der Waals surface area contributed by atoms with Crippen LogP contribution in [-0.4, -0.2) is 41.6 Å². The van der Waals surface area contributed by atoms with Crippen molar-refractivity contribution in [3.8, 4) is 0 Å². The molecule has 1 aromatic carbocycles. The van der Waals surface area contributed by atoms with Gasteiger partial charge in [-0.3, -0.25) is 9.59 Å². The van der Waals surface area contributed by atoms with Gasteiger partial charge in [-0.25, -0.2) is 0 Å². The predicted molar refractivity (Wildman–Crippen MR) is 94.4 cm³/mol. The van der Waals surface area contributed by atoms with Gasteiger partial charge in [0.2, 0.25) is 0 Å². The lowest BCUT2D eigenvalue weighted by Crippen LogP contribution is -2.47. The number of carbonyl (C=O) groups is 1. The minimum atomic E-state index is -0.149. The largest absolute Gasteiger partial charge is 0.337 e. The lowest BCUT2D eigenvalue weighted by molar-refractivity contribution is 0.0700. The number of likely N-dealkylation sites (N-methyl/N-ethyl adjacent to an activating group) is 1. The van der Waals surface area contributed by atoms with Crippen molar-refractivity contribution in [2.75, 3.05) is 20.1 Å². The molecule has 6 heteroatoms. The molecule has 0 aliphatic carbocycles. The number of halogens is 1. The number of pyridine rings is 1. The van der Waals surface area contributed by atoms with Crippen molar-refractivity contribution in [1.82, 2.24) is 14.8 Å². The molecule has 124 valence electrons. The number of likely N-dealkylation sites (tertiary alicyclic amines) is 1. The number of carbonyl (C=O) groups excluding carboxylic acids is 1. The maximum Gasteiger partial charge on any atom is 0.254 e. The fourth-order valence-electron chi connectivity index (χ4n) is 3.16. The average Bonchev–Trinajstić information content (AvgIpc) is 2.57. The summed E-state index contributed by atoms with van der Waals surface area (Å²) in [4.78, 5) is 26.9. The van der Waals surface area contributed by atoms with Crippen molar-refractivity contribution >= 4 is 29.2 Å². The van der Waals surface area contributed by atoms with Gasteiger partial charge in [-0.15, -0.1) is 12.4 Å². The molecule has 0 spiro atoms. The number of amides is 1. The van der Waals surface area contributed by atoms with Gasteiger partial charge in [0.15, 0.2) is 0 Å². The lowest BCUT2D eigenvalue weighted by Gasteiger charge is -2.32. The van der Waals surface area contributed by atoms with Crippen LogP contribution < -0.4 is 10.9 Å². The Bertz CT molecular complexity index is 772. The molecule has 5 nitrogen and oxygen atoms in total. The molecule has 1 fully saturated rings. The molecule has 2 aromatic rings. The van der Waals surface area contributed by atoms with Gasteiger partial charge in [0, 0.05) is 37.6 Å². The molecular formula is C17H22ClN3O2. The van der Waals surface area contributed by atoms with E-state index in [4.69, 9.17) is 0 Å². The fourth-order valence-corrected chi connectivity index (χ4v) is 3.16. The molecule has 2 heterocycles. The Morgan fingerprint density at radius 2 is 2.04 bits per heavy atom. The molecule has 1 aliphatic heterocycles. The van der Waals surface area contributed by atoms with Crippen LogP contribution in [0.15, 0.2) is 35.1 Å². The van der Waals surface area contributed by atoms with E-state index in [0.29, 0.717) is 18.2 Å². The standard InChI is InChI=1S/C17H21N3O2.ClH/c1-18-12-6-5-9-20(11-12)17(22)14-10-16(21)19(2)15-8-4-3-7-13(14)15;/h3-4,7-8,10,12,18H,5-6,9,11H2,1-2H3;1H. The van der Waals surface area contributed by atoms with Crippen molar-refractivity contribution in [3.05, 3.63) is 46.2 Å². The second-order valence-electron chi connectivity index (χ2n) is 5.85. The van der Waals surface area contributed by atoms with Gasteiger partial charge in [0.25, 0.3) is 11.5 Å². The van der Waals surface area contributed by atoms with Gasteiger partial charge in [-0.2, -0.15) is 0 Å². The highest BCUT2D eigenvalue weighted by Gasteiger charge is 2.25. The summed E-state index contributed by atoms with van der Waals surface area (Å²) < 4.78 is 1.58. The molecule has 1 aromatic heterocycles. The van der Waals surface area contributed by atoms with Crippen molar-refractivity contribution in [2.45, 2.75) is 18.9 Å². The van der Waals surface area contributed by atoms with Crippen LogP contribution >= 0.6 is 12.4 Å². The topological polar surface area (TPSA) is 54.3 Å². The molecule has 0 saturated carbocycles. The number of benzene rings is 1. The number of nitrogens with one attached hydrogen (secondary N) is 1. The van der Waals surface area contributed by atoms with Gasteiger partial charge in [0.1, 0.15) is 0 Å². The minimum absolute atomic E-state index is 0. The fraction of sp³-hybridized carbons (Fsp3) is 0.412. The Labute approximate surface area is 141 Å². The maximum atomic E-state index is 12.9. The number of hydrogen-bond donors (Lipinski definition) is 1. The normalized spacial score (nSPS) is 17.8. The van der Waals surface area contributed by atoms with E-state index in [1.54, 1.807) is 11.6 Å². The average molecular weight is 336 g/mol. The summed E-state index contributed by atoms with van der Waals surface area (Å²) in [6.07, 6.45) is 2.07. The van der Waals surface area contributed by atoms with E-state index >= 15 is 0 Å². The molecule has 1 saturated heterocycles. The summed E-state index contributed by atoms with van der Waals surface area (Å²) >= 11 is 0. The highest BCUT2D eigenvalue weighted by Crippen LogP contribution is 2.20. The summed E-state index contributed by atoms with van der Waals surface area (Å²) in [6, 6.07) is 9.36. The summed E-state index contributed by atoms with van der Waals surface area (Å²) in [5, 5.41) is 4.07. The van der Waals surface area contributed by atoms with Crippen molar-refractivity contribution in [3.63, 3.8) is 0 Å². The summed E-state index contributed by atoms with van der Waals surface area (Å²) in [5.74, 6) is -0.0474. The molecule has 0 radical (unpaired) electrons. The van der Waals surface area contributed by atoms with E-state index in [1.807, 2.05) is 36.2 Å². The van der Waals surface area contributed by atoms with E-state index < -0.39 is 0 Å². The van der Waals surface area contributed by atoms with E-state index in [-0.39, 0.29) is 23.9 Å². The maximum absolute atomic E-state index is 12.9. The minimum Gasteiger partial charge on any atom is -0.337 e. The first-order chi connectivity index (χ1) is 10.6. The third kappa shape index (κ3) is 3.26. The van der Waals surface area contributed by atoms with Gasteiger partial charge in [0.05, 0.1) is 11.1 Å². The molecule has 1 aliphatic rings. The molecular weight excluding hydrogens is 314 g/mol. The number of aromatic nitrogens is 1. The van der Waals surface area contributed by atoms with Crippen LogP contribution in [0.5, 0.6) is 0 Å². The monoisotopic (exact) mass is 335 g/mol. The van der Waals surface area contributed by atoms with Gasteiger partial charge >= 0.3 is 0 Å². The van der Waals surface area contributed by atoms with Gasteiger partial charge in [-0.05, 0) is 26.0 Å². The van der Waals surface area contributed by atoms with E-state index in [0.717, 1.165) is 30.3 Å². The molecule has 1 unspecified atom stereocenters. The molecule has 1 amide bonds. The van der Waals surface area contributed by atoms with Crippen LogP contribution in [0.25, 0.3) is 10.9 Å².